The number of nitrogens with zero attached hydrogens (tertiary/aromatic N) is 1. The van der Waals surface area contributed by atoms with Crippen molar-refractivity contribution in [2.75, 3.05) is 19.1 Å². The number of rotatable bonds is 4. The standard InChI is InChI=1S/C25H21NO2/c1-26(22-14-12-19(13-15-22)25(27)28-2)24-17-21(18-8-4-3-5-9-18)16-20-10-6-7-11-23(20)24/h3-17H,1-2H3. The van der Waals surface area contributed by atoms with Gasteiger partial charge in [0.05, 0.1) is 12.7 Å². The zero-order valence-electron chi connectivity index (χ0n) is 15.9. The van der Waals surface area contributed by atoms with Crippen LogP contribution >= 0.6 is 0 Å². The normalized spacial score (nSPS) is 10.6. The van der Waals surface area contributed by atoms with Crippen LogP contribution in [0.1, 0.15) is 10.4 Å². The summed E-state index contributed by atoms with van der Waals surface area (Å²) >= 11 is 0. The Bertz CT molecular complexity index is 1120. The molecule has 0 fully saturated rings. The van der Waals surface area contributed by atoms with Crippen molar-refractivity contribution in [1.29, 1.82) is 0 Å². The first-order valence-corrected chi connectivity index (χ1v) is 9.18. The van der Waals surface area contributed by atoms with Gasteiger partial charge in [-0.1, -0.05) is 54.6 Å². The zero-order chi connectivity index (χ0) is 19.5. The summed E-state index contributed by atoms with van der Waals surface area (Å²) in [5.74, 6) is -0.328. The molecule has 0 aromatic heterocycles. The summed E-state index contributed by atoms with van der Waals surface area (Å²) < 4.78 is 4.79. The van der Waals surface area contributed by atoms with E-state index in [2.05, 4.69) is 65.6 Å². The van der Waals surface area contributed by atoms with Crippen molar-refractivity contribution < 1.29 is 9.53 Å². The lowest BCUT2D eigenvalue weighted by atomic mass is 9.99. The summed E-state index contributed by atoms with van der Waals surface area (Å²) in [6, 6.07) is 30.7. The average molecular weight is 367 g/mol. The van der Waals surface area contributed by atoms with E-state index in [1.54, 1.807) is 12.1 Å². The monoisotopic (exact) mass is 367 g/mol. The molecule has 0 aliphatic carbocycles. The molecule has 0 bridgehead atoms. The number of fused-ring (bicyclic) bond motifs is 1. The van der Waals surface area contributed by atoms with E-state index in [4.69, 9.17) is 4.74 Å². The van der Waals surface area contributed by atoms with E-state index in [1.807, 2.05) is 25.2 Å². The predicted octanol–water partition coefficient (Wildman–Crippen LogP) is 6.06. The Morgan fingerprint density at radius 3 is 2.18 bits per heavy atom. The maximum atomic E-state index is 11.7. The number of anilines is 2. The minimum atomic E-state index is -0.328. The number of methoxy groups -OCH3 is 1. The summed E-state index contributed by atoms with van der Waals surface area (Å²) in [5, 5.41) is 2.37. The first-order chi connectivity index (χ1) is 13.7. The second-order valence-electron chi connectivity index (χ2n) is 6.68. The highest BCUT2D eigenvalue weighted by molar-refractivity contribution is 5.99. The van der Waals surface area contributed by atoms with Crippen LogP contribution in [0.25, 0.3) is 21.9 Å². The molecular formula is C25H21NO2. The van der Waals surface area contributed by atoms with Gasteiger partial charge in [0.25, 0.3) is 0 Å². The Kier molecular flexibility index (Phi) is 4.81. The molecular weight excluding hydrogens is 346 g/mol. The van der Waals surface area contributed by atoms with Crippen molar-refractivity contribution in [3.63, 3.8) is 0 Å². The molecule has 0 aliphatic rings. The lowest BCUT2D eigenvalue weighted by Crippen LogP contribution is -2.10. The molecule has 0 heterocycles. The van der Waals surface area contributed by atoms with Crippen LogP contribution in [0.4, 0.5) is 11.4 Å². The van der Waals surface area contributed by atoms with Crippen molar-refractivity contribution in [3.05, 3.63) is 96.6 Å². The van der Waals surface area contributed by atoms with E-state index in [-0.39, 0.29) is 5.97 Å². The van der Waals surface area contributed by atoms with Gasteiger partial charge in [0.15, 0.2) is 0 Å². The van der Waals surface area contributed by atoms with Gasteiger partial charge in [-0.25, -0.2) is 4.79 Å². The summed E-state index contributed by atoms with van der Waals surface area (Å²) in [6.07, 6.45) is 0. The third-order valence-corrected chi connectivity index (χ3v) is 4.98. The van der Waals surface area contributed by atoms with Gasteiger partial charge in [0, 0.05) is 23.8 Å². The minimum absolute atomic E-state index is 0.328. The molecule has 4 aromatic rings. The molecule has 0 spiro atoms. The maximum absolute atomic E-state index is 11.7. The average Bonchev–Trinajstić information content (AvgIpc) is 2.78. The van der Waals surface area contributed by atoms with E-state index >= 15 is 0 Å². The topological polar surface area (TPSA) is 29.5 Å². The highest BCUT2D eigenvalue weighted by Crippen LogP contribution is 2.35. The molecule has 3 heteroatoms. The van der Waals surface area contributed by atoms with Crippen LogP contribution in [0.2, 0.25) is 0 Å². The van der Waals surface area contributed by atoms with Gasteiger partial charge >= 0.3 is 5.97 Å². The molecule has 4 aromatic carbocycles. The third kappa shape index (κ3) is 3.35. The molecule has 0 aliphatic heterocycles. The molecule has 0 amide bonds. The maximum Gasteiger partial charge on any atom is 0.337 e. The first-order valence-electron chi connectivity index (χ1n) is 9.18. The SMILES string of the molecule is COC(=O)c1ccc(N(C)c2cc(-c3ccccc3)cc3ccccc23)cc1. The van der Waals surface area contributed by atoms with Gasteiger partial charge in [-0.15, -0.1) is 0 Å². The van der Waals surface area contributed by atoms with Gasteiger partial charge in [0.1, 0.15) is 0 Å². The van der Waals surface area contributed by atoms with Crippen molar-refractivity contribution in [2.45, 2.75) is 0 Å². The number of carbonyl (C=O) groups is 1. The number of benzene rings is 4. The highest BCUT2D eigenvalue weighted by atomic mass is 16.5. The molecule has 0 saturated carbocycles. The van der Waals surface area contributed by atoms with Crippen LogP contribution in [0.3, 0.4) is 0 Å². The van der Waals surface area contributed by atoms with Crippen LogP contribution in [0, 0.1) is 0 Å². The zero-order valence-corrected chi connectivity index (χ0v) is 15.9. The molecule has 0 saturated heterocycles. The number of carbonyl (C=O) groups excluding carboxylic acids is 1. The van der Waals surface area contributed by atoms with Gasteiger partial charge < -0.3 is 9.64 Å². The van der Waals surface area contributed by atoms with Gasteiger partial charge in [-0.3, -0.25) is 0 Å². The largest absolute Gasteiger partial charge is 0.465 e. The van der Waals surface area contributed by atoms with Crippen LogP contribution in [-0.2, 0) is 4.74 Å². The second kappa shape index (κ2) is 7.57. The molecule has 3 nitrogen and oxygen atoms in total. The summed E-state index contributed by atoms with van der Waals surface area (Å²) in [6.45, 7) is 0. The summed E-state index contributed by atoms with van der Waals surface area (Å²) in [4.78, 5) is 13.9. The quantitative estimate of drug-likeness (QED) is 0.411. The molecule has 4 rings (SSSR count). The molecule has 0 radical (unpaired) electrons. The third-order valence-electron chi connectivity index (χ3n) is 4.98. The lowest BCUT2D eigenvalue weighted by molar-refractivity contribution is 0.0601. The Balaban J connectivity index is 1.81. The fraction of sp³-hybridized carbons (Fsp3) is 0.0800. The Morgan fingerprint density at radius 2 is 1.46 bits per heavy atom. The van der Waals surface area contributed by atoms with E-state index in [0.717, 1.165) is 11.4 Å². The van der Waals surface area contributed by atoms with Crippen LogP contribution in [0.5, 0.6) is 0 Å². The molecule has 0 N–H and O–H groups in total. The smallest absolute Gasteiger partial charge is 0.337 e. The molecule has 138 valence electrons. The first kappa shape index (κ1) is 17.8. The summed E-state index contributed by atoms with van der Waals surface area (Å²) in [5.41, 5.74) is 5.02. The van der Waals surface area contributed by atoms with Gasteiger partial charge in [-0.05, 0) is 52.9 Å². The fourth-order valence-electron chi connectivity index (χ4n) is 3.44. The van der Waals surface area contributed by atoms with E-state index in [0.29, 0.717) is 5.56 Å². The number of esters is 1. The van der Waals surface area contributed by atoms with Gasteiger partial charge in [-0.2, -0.15) is 0 Å². The molecule has 28 heavy (non-hydrogen) atoms. The predicted molar refractivity (Wildman–Crippen MR) is 115 cm³/mol. The van der Waals surface area contributed by atoms with Crippen molar-refractivity contribution in [3.8, 4) is 11.1 Å². The number of ether oxygens (including phenoxy) is 1. The van der Waals surface area contributed by atoms with Crippen LogP contribution in [0.15, 0.2) is 91.0 Å². The number of hydrogen-bond acceptors (Lipinski definition) is 3. The van der Waals surface area contributed by atoms with E-state index < -0.39 is 0 Å². The van der Waals surface area contributed by atoms with Crippen LogP contribution < -0.4 is 4.90 Å². The number of hydrogen-bond donors (Lipinski definition) is 0. The molecule has 0 unspecified atom stereocenters. The highest BCUT2D eigenvalue weighted by Gasteiger charge is 2.12. The van der Waals surface area contributed by atoms with Crippen LogP contribution in [-0.4, -0.2) is 20.1 Å². The van der Waals surface area contributed by atoms with Crippen molar-refractivity contribution in [2.24, 2.45) is 0 Å². The van der Waals surface area contributed by atoms with Gasteiger partial charge in [0.2, 0.25) is 0 Å². The molecule has 0 atom stereocenters. The fourth-order valence-corrected chi connectivity index (χ4v) is 3.44. The Labute approximate surface area is 164 Å². The van der Waals surface area contributed by atoms with Crippen molar-refractivity contribution in [1.82, 2.24) is 0 Å². The van der Waals surface area contributed by atoms with E-state index in [1.165, 1.54) is 29.0 Å². The second-order valence-corrected chi connectivity index (χ2v) is 6.68. The van der Waals surface area contributed by atoms with Crippen molar-refractivity contribution >= 4 is 28.1 Å². The van der Waals surface area contributed by atoms with E-state index in [9.17, 15) is 4.79 Å². The lowest BCUT2D eigenvalue weighted by Gasteiger charge is -2.23. The Morgan fingerprint density at radius 1 is 0.786 bits per heavy atom. The minimum Gasteiger partial charge on any atom is -0.465 e. The Hall–Kier alpha value is -3.59. The summed E-state index contributed by atoms with van der Waals surface area (Å²) in [7, 11) is 3.44.